The summed E-state index contributed by atoms with van der Waals surface area (Å²) in [5.74, 6) is -1.19. The molecule has 0 aliphatic rings. The zero-order valence-electron chi connectivity index (χ0n) is 18.6. The number of hydrogen-bond donors (Lipinski definition) is 0. The molecule has 0 N–H and O–H groups in total. The molecule has 0 heterocycles. The first-order chi connectivity index (χ1) is 15.9. The van der Waals surface area contributed by atoms with E-state index >= 15 is 0 Å². The molecule has 0 saturated carbocycles. The molecule has 9 heteroatoms. The average molecular weight is 507 g/mol. The van der Waals surface area contributed by atoms with Crippen molar-refractivity contribution < 1.29 is 31.3 Å². The molecule has 0 amide bonds. The summed E-state index contributed by atoms with van der Waals surface area (Å²) in [4.78, 5) is 14.9. The molecular weight excluding hydrogens is 482 g/mol. The largest absolute Gasteiger partial charge is 0.743 e. The molecular formula is C25H24F2O5S2. The van der Waals surface area contributed by atoms with Crippen molar-refractivity contribution >= 4 is 27.0 Å². The van der Waals surface area contributed by atoms with Crippen molar-refractivity contribution in [3.63, 3.8) is 0 Å². The van der Waals surface area contributed by atoms with Crippen LogP contribution in [0.5, 0.6) is 0 Å². The van der Waals surface area contributed by atoms with E-state index in [-0.39, 0.29) is 16.5 Å². The summed E-state index contributed by atoms with van der Waals surface area (Å²) in [6, 6.07) is 32.2. The molecule has 34 heavy (non-hydrogen) atoms. The second-order valence-corrected chi connectivity index (χ2v) is 10.6. The first-order valence-corrected chi connectivity index (χ1v) is 12.7. The van der Waals surface area contributed by atoms with E-state index in [1.807, 2.05) is 0 Å². The number of benzene rings is 3. The molecule has 0 radical (unpaired) electrons. The van der Waals surface area contributed by atoms with Gasteiger partial charge in [-0.15, -0.1) is 0 Å². The molecule has 1 atom stereocenters. The maximum absolute atomic E-state index is 12.7. The van der Waals surface area contributed by atoms with E-state index in [0.29, 0.717) is 6.92 Å². The normalized spacial score (nSPS) is 12.3. The minimum absolute atomic E-state index is 0.0146. The van der Waals surface area contributed by atoms with Crippen LogP contribution in [0, 0.1) is 0 Å². The van der Waals surface area contributed by atoms with Crippen LogP contribution in [0.3, 0.4) is 0 Å². The van der Waals surface area contributed by atoms with E-state index in [0.717, 1.165) is 0 Å². The second kappa shape index (κ2) is 11.9. The number of carbonyl (C=O) groups is 1. The zero-order chi connectivity index (χ0) is 25.4. The molecule has 0 bridgehead atoms. The molecule has 0 spiro atoms. The standard InChI is InChI=1S/C18H15S.C7H10F2O5S/c1-4-10-16(11-5-1)19(17-12-6-2-7-13-17)18-14-8-3-9-15-18;1-4(2)6(10)14-5(3)7(8,9)15(11,12)13/h1-15H;5H,1H2,2-3H3,(H,11,12,13)/q+1;/p-1. The maximum Gasteiger partial charge on any atom is 0.370 e. The van der Waals surface area contributed by atoms with Crippen LogP contribution in [0.4, 0.5) is 8.78 Å². The fourth-order valence-corrected chi connectivity index (χ4v) is 5.17. The topological polar surface area (TPSA) is 83.5 Å². The lowest BCUT2D eigenvalue weighted by Crippen LogP contribution is -2.42. The number of esters is 1. The monoisotopic (exact) mass is 506 g/mol. The van der Waals surface area contributed by atoms with Crippen molar-refractivity contribution in [2.45, 2.75) is 39.9 Å². The zero-order valence-corrected chi connectivity index (χ0v) is 20.2. The summed E-state index contributed by atoms with van der Waals surface area (Å²) in [6.07, 6.45) is -2.36. The van der Waals surface area contributed by atoms with Crippen LogP contribution < -0.4 is 0 Å². The van der Waals surface area contributed by atoms with Gasteiger partial charge in [-0.2, -0.15) is 8.78 Å². The van der Waals surface area contributed by atoms with Gasteiger partial charge in [0.2, 0.25) is 0 Å². The Hall–Kier alpha value is -3.01. The Morgan fingerprint density at radius 1 is 0.882 bits per heavy atom. The number of carbonyl (C=O) groups excluding carboxylic acids is 1. The van der Waals surface area contributed by atoms with Crippen LogP contribution in [0.15, 0.2) is 118 Å². The Bertz CT molecular complexity index is 1090. The molecule has 3 aromatic carbocycles. The van der Waals surface area contributed by atoms with Gasteiger partial charge in [0.1, 0.15) is 0 Å². The van der Waals surface area contributed by atoms with Gasteiger partial charge in [0.05, 0.1) is 10.9 Å². The van der Waals surface area contributed by atoms with E-state index < -0.39 is 27.4 Å². The molecule has 0 aliphatic heterocycles. The molecule has 3 aromatic rings. The van der Waals surface area contributed by atoms with E-state index in [2.05, 4.69) is 102 Å². The van der Waals surface area contributed by atoms with Crippen LogP contribution in [-0.4, -0.2) is 30.3 Å². The highest BCUT2D eigenvalue weighted by Gasteiger charge is 2.46. The first kappa shape index (κ1) is 27.2. The Balaban J connectivity index is 0.000000249. The molecule has 0 aromatic heterocycles. The van der Waals surface area contributed by atoms with Crippen molar-refractivity contribution in [3.05, 3.63) is 103 Å². The molecule has 180 valence electrons. The highest BCUT2D eigenvalue weighted by Crippen LogP contribution is 2.30. The Morgan fingerprint density at radius 3 is 1.47 bits per heavy atom. The lowest BCUT2D eigenvalue weighted by molar-refractivity contribution is -0.154. The van der Waals surface area contributed by atoms with E-state index in [1.165, 1.54) is 21.6 Å². The van der Waals surface area contributed by atoms with Crippen molar-refractivity contribution in [1.82, 2.24) is 0 Å². The van der Waals surface area contributed by atoms with Crippen LogP contribution in [0.2, 0.25) is 0 Å². The summed E-state index contributed by atoms with van der Waals surface area (Å²) in [5.41, 5.74) is -0.180. The second-order valence-electron chi connectivity index (χ2n) is 7.09. The number of ether oxygens (including phenoxy) is 1. The highest BCUT2D eigenvalue weighted by molar-refractivity contribution is 7.97. The summed E-state index contributed by atoms with van der Waals surface area (Å²) in [6.45, 7) is 4.91. The van der Waals surface area contributed by atoms with Crippen LogP contribution >= 0.6 is 0 Å². The van der Waals surface area contributed by atoms with Crippen molar-refractivity contribution in [1.29, 1.82) is 0 Å². The van der Waals surface area contributed by atoms with Crippen LogP contribution in [-0.2, 0) is 30.5 Å². The van der Waals surface area contributed by atoms with Gasteiger partial charge in [-0.05, 0) is 50.2 Å². The molecule has 0 saturated heterocycles. The SMILES string of the molecule is C=C(C)C(=O)OC(C)C(F)(F)S(=O)(=O)[O-].c1ccc([S+](c2ccccc2)c2ccccc2)cc1. The highest BCUT2D eigenvalue weighted by atomic mass is 32.2. The molecule has 0 fully saturated rings. The van der Waals surface area contributed by atoms with Crippen molar-refractivity contribution in [2.24, 2.45) is 0 Å². The van der Waals surface area contributed by atoms with Crippen molar-refractivity contribution in [3.8, 4) is 0 Å². The third kappa shape index (κ3) is 7.24. The summed E-state index contributed by atoms with van der Waals surface area (Å²) < 4.78 is 59.9. The molecule has 0 aliphatic carbocycles. The predicted molar refractivity (Wildman–Crippen MR) is 127 cm³/mol. The third-order valence-electron chi connectivity index (χ3n) is 4.38. The number of alkyl halides is 2. The van der Waals surface area contributed by atoms with Gasteiger partial charge < -0.3 is 9.29 Å². The van der Waals surface area contributed by atoms with E-state index in [1.54, 1.807) is 0 Å². The lowest BCUT2D eigenvalue weighted by Gasteiger charge is -2.25. The fourth-order valence-electron chi connectivity index (χ4n) is 2.61. The van der Waals surface area contributed by atoms with E-state index in [9.17, 15) is 26.5 Å². The predicted octanol–water partition coefficient (Wildman–Crippen LogP) is 5.41. The molecule has 3 rings (SSSR count). The minimum atomic E-state index is -5.86. The molecule has 5 nitrogen and oxygen atoms in total. The summed E-state index contributed by atoms with van der Waals surface area (Å²) in [5, 5.41) is -4.65. The van der Waals surface area contributed by atoms with Gasteiger partial charge in [0, 0.05) is 5.57 Å². The first-order valence-electron chi connectivity index (χ1n) is 10.0. The quantitative estimate of drug-likeness (QED) is 0.185. The Morgan fingerprint density at radius 2 is 1.21 bits per heavy atom. The van der Waals surface area contributed by atoms with Gasteiger partial charge in [-0.1, -0.05) is 61.2 Å². The summed E-state index contributed by atoms with van der Waals surface area (Å²) >= 11 is 0. The smallest absolute Gasteiger partial charge is 0.370 e. The number of halogens is 2. The fraction of sp³-hybridized carbons (Fsp3) is 0.160. The van der Waals surface area contributed by atoms with Crippen molar-refractivity contribution in [2.75, 3.05) is 0 Å². The van der Waals surface area contributed by atoms with Crippen LogP contribution in [0.1, 0.15) is 13.8 Å². The number of hydrogen-bond acceptors (Lipinski definition) is 5. The third-order valence-corrected chi connectivity index (χ3v) is 7.60. The van der Waals surface area contributed by atoms with Gasteiger partial charge in [-0.25, -0.2) is 13.2 Å². The number of rotatable bonds is 7. The minimum Gasteiger partial charge on any atom is -0.743 e. The molecule has 1 unspecified atom stereocenters. The van der Waals surface area contributed by atoms with Gasteiger partial charge >= 0.3 is 11.2 Å². The van der Waals surface area contributed by atoms with Gasteiger partial charge in [0.15, 0.2) is 30.9 Å². The Labute approximate surface area is 201 Å². The maximum atomic E-state index is 12.7. The Kier molecular flexibility index (Phi) is 9.55. The lowest BCUT2D eigenvalue weighted by atomic mass is 10.3. The van der Waals surface area contributed by atoms with Gasteiger partial charge in [0.25, 0.3) is 0 Å². The summed E-state index contributed by atoms with van der Waals surface area (Å²) in [7, 11) is -5.88. The average Bonchev–Trinajstić information content (AvgIpc) is 2.81. The van der Waals surface area contributed by atoms with Crippen LogP contribution in [0.25, 0.3) is 0 Å². The van der Waals surface area contributed by atoms with Gasteiger partial charge in [-0.3, -0.25) is 0 Å². The van der Waals surface area contributed by atoms with E-state index in [4.69, 9.17) is 0 Å².